The van der Waals surface area contributed by atoms with Crippen molar-refractivity contribution in [2.45, 2.75) is 48.9 Å². The van der Waals surface area contributed by atoms with Crippen LogP contribution in [0.3, 0.4) is 0 Å². The third kappa shape index (κ3) is 2.88. The fourth-order valence-corrected chi connectivity index (χ4v) is 6.09. The van der Waals surface area contributed by atoms with Crippen LogP contribution in [0, 0.1) is 11.7 Å². The van der Waals surface area contributed by atoms with Crippen LogP contribution in [-0.4, -0.2) is 61.6 Å². The third-order valence-electron chi connectivity index (χ3n) is 7.79. The highest BCUT2D eigenvalue weighted by molar-refractivity contribution is 6.24. The van der Waals surface area contributed by atoms with Gasteiger partial charge in [-0.15, -0.1) is 0 Å². The van der Waals surface area contributed by atoms with Gasteiger partial charge in [-0.2, -0.15) is 0 Å². The monoisotopic (exact) mass is 488 g/mol. The number of primary amides is 1. The normalized spacial score (nSPS) is 34.6. The Bertz CT molecular complexity index is 1280. The molecule has 1 aromatic carbocycles. The van der Waals surface area contributed by atoms with Gasteiger partial charge in [0, 0.05) is 23.1 Å². The number of nitrogens with one attached hydrogen (secondary N) is 1. The molecule has 4 aliphatic rings. The van der Waals surface area contributed by atoms with Gasteiger partial charge in [0.25, 0.3) is 5.91 Å². The summed E-state index contributed by atoms with van der Waals surface area (Å²) >= 11 is 0. The van der Waals surface area contributed by atoms with E-state index >= 15 is 4.39 Å². The van der Waals surface area contributed by atoms with Crippen molar-refractivity contribution in [1.82, 2.24) is 5.32 Å². The first kappa shape index (κ1) is 23.4. The van der Waals surface area contributed by atoms with Crippen molar-refractivity contribution in [3.8, 4) is 5.75 Å². The molecule has 1 aromatic rings. The number of aromatic hydroxyl groups is 1. The van der Waals surface area contributed by atoms with E-state index in [-0.39, 0.29) is 29.2 Å². The number of fused-ring (bicyclic) bond motifs is 3. The van der Waals surface area contributed by atoms with Gasteiger partial charge in [-0.1, -0.05) is 0 Å². The lowest BCUT2D eigenvalue weighted by molar-refractivity contribution is -0.149. The second-order valence-corrected chi connectivity index (χ2v) is 9.74. The highest BCUT2D eigenvalue weighted by Gasteiger charge is 2.66. The first-order chi connectivity index (χ1) is 16.3. The summed E-state index contributed by atoms with van der Waals surface area (Å²) in [5.74, 6) is -8.63. The molecular formula is C23H25FN4O7. The largest absolute Gasteiger partial charge is 0.508 e. The van der Waals surface area contributed by atoms with E-state index in [1.54, 1.807) is 0 Å². The van der Waals surface area contributed by atoms with Crippen molar-refractivity contribution in [2.24, 2.45) is 23.1 Å². The van der Waals surface area contributed by atoms with E-state index < -0.39 is 81.2 Å². The maximum Gasteiger partial charge on any atom is 0.255 e. The molecule has 1 heterocycles. The summed E-state index contributed by atoms with van der Waals surface area (Å²) in [5, 5.41) is 46.9. The first-order valence-electron chi connectivity index (χ1n) is 11.2. The number of aliphatic hydroxyl groups is 3. The number of phenolic OH excluding ortho intramolecular Hbond substituents is 1. The van der Waals surface area contributed by atoms with Crippen LogP contribution >= 0.6 is 0 Å². The third-order valence-corrected chi connectivity index (χ3v) is 7.79. The van der Waals surface area contributed by atoms with Gasteiger partial charge in [-0.25, -0.2) is 4.39 Å². The predicted molar refractivity (Wildman–Crippen MR) is 118 cm³/mol. The number of phenols is 1. The number of amides is 1. The summed E-state index contributed by atoms with van der Waals surface area (Å²) in [7, 11) is 0. The zero-order valence-corrected chi connectivity index (χ0v) is 18.5. The van der Waals surface area contributed by atoms with Crippen LogP contribution in [-0.2, 0) is 20.8 Å². The quantitative estimate of drug-likeness (QED) is 0.237. The Hall–Kier alpha value is -3.32. The minimum Gasteiger partial charge on any atom is -0.508 e. The Kier molecular flexibility index (Phi) is 4.91. The van der Waals surface area contributed by atoms with E-state index in [1.807, 2.05) is 0 Å². The number of halogens is 1. The van der Waals surface area contributed by atoms with E-state index in [9.17, 15) is 34.8 Å². The van der Waals surface area contributed by atoms with Gasteiger partial charge in [0.05, 0.1) is 22.7 Å². The molecule has 11 nitrogen and oxygen atoms in total. The maximum absolute atomic E-state index is 15.7. The highest BCUT2D eigenvalue weighted by atomic mass is 19.1. The van der Waals surface area contributed by atoms with Crippen molar-refractivity contribution in [3.05, 3.63) is 45.5 Å². The molecule has 5 rings (SSSR count). The van der Waals surface area contributed by atoms with Crippen LogP contribution in [0.5, 0.6) is 5.75 Å². The lowest BCUT2D eigenvalue weighted by Crippen LogP contribution is -2.70. The molecule has 5 atom stereocenters. The molecule has 3 aliphatic carbocycles. The Morgan fingerprint density at radius 3 is 2.51 bits per heavy atom. The molecule has 0 spiro atoms. The summed E-state index contributed by atoms with van der Waals surface area (Å²) in [4.78, 5) is 38.0. The number of hydrogen-bond donors (Lipinski definition) is 8. The second-order valence-electron chi connectivity index (χ2n) is 9.74. The second kappa shape index (κ2) is 7.34. The van der Waals surface area contributed by atoms with Crippen molar-refractivity contribution < 1.29 is 39.2 Å². The van der Waals surface area contributed by atoms with Crippen LogP contribution in [0.4, 0.5) is 4.39 Å². The van der Waals surface area contributed by atoms with E-state index in [0.717, 1.165) is 6.42 Å². The number of benzene rings is 1. The number of aliphatic hydroxyl groups excluding tert-OH is 2. The van der Waals surface area contributed by atoms with Gasteiger partial charge >= 0.3 is 0 Å². The number of ketones is 2. The molecule has 1 saturated carbocycles. The van der Waals surface area contributed by atoms with E-state index in [4.69, 9.17) is 17.2 Å². The predicted octanol–water partition coefficient (Wildman–Crippen LogP) is -0.994. The Morgan fingerprint density at radius 2 is 1.91 bits per heavy atom. The molecule has 12 heteroatoms. The summed E-state index contributed by atoms with van der Waals surface area (Å²) < 4.78 is 15.7. The molecule has 1 unspecified atom stereocenters. The fraction of sp³-hybridized carbons (Fsp3) is 0.435. The van der Waals surface area contributed by atoms with Crippen molar-refractivity contribution in [3.63, 3.8) is 0 Å². The molecule has 0 radical (unpaired) electrons. The summed E-state index contributed by atoms with van der Waals surface area (Å²) in [6, 6.07) is -0.829. The fourth-order valence-electron chi connectivity index (χ4n) is 6.09. The average Bonchev–Trinajstić information content (AvgIpc) is 3.31. The minimum atomic E-state index is -2.89. The van der Waals surface area contributed by atoms with Gasteiger partial charge < -0.3 is 42.9 Å². The van der Waals surface area contributed by atoms with Crippen LogP contribution in [0.1, 0.15) is 42.0 Å². The molecule has 2 fully saturated rings. The van der Waals surface area contributed by atoms with Gasteiger partial charge in [0.2, 0.25) is 5.78 Å². The number of Topliss-reactive ketones (excluding diaryl/α,β-unsaturated/α-hetero) is 2. The lowest BCUT2D eigenvalue weighted by atomic mass is 9.55. The minimum absolute atomic E-state index is 0.121. The first-order valence-corrected chi connectivity index (χ1v) is 11.2. The molecular weight excluding hydrogens is 463 g/mol. The van der Waals surface area contributed by atoms with Gasteiger partial charge in [-0.05, 0) is 38.3 Å². The number of carbonyl (C=O) groups excluding carboxylic acids is 3. The number of carbonyl (C=O) groups is 3. The van der Waals surface area contributed by atoms with Crippen LogP contribution in [0.15, 0.2) is 23.0 Å². The van der Waals surface area contributed by atoms with Gasteiger partial charge in [0.15, 0.2) is 11.4 Å². The number of nitrogens with two attached hydrogens (primary N) is 3. The summed E-state index contributed by atoms with van der Waals surface area (Å²) in [6.45, 7) is 0.670. The van der Waals surface area contributed by atoms with Gasteiger partial charge in [-0.3, -0.25) is 14.4 Å². The van der Waals surface area contributed by atoms with Crippen LogP contribution in [0.2, 0.25) is 0 Å². The van der Waals surface area contributed by atoms with Crippen LogP contribution in [0.25, 0.3) is 5.76 Å². The Labute approximate surface area is 198 Å². The summed E-state index contributed by atoms with van der Waals surface area (Å²) in [5.41, 5.74) is 11.1. The Morgan fingerprint density at radius 1 is 1.23 bits per heavy atom. The zero-order chi connectivity index (χ0) is 25.6. The summed E-state index contributed by atoms with van der Waals surface area (Å²) in [6.07, 6.45) is 0.647. The smallest absolute Gasteiger partial charge is 0.255 e. The van der Waals surface area contributed by atoms with Crippen molar-refractivity contribution >= 4 is 23.2 Å². The van der Waals surface area contributed by atoms with Crippen LogP contribution < -0.4 is 22.5 Å². The molecule has 35 heavy (non-hydrogen) atoms. The van der Waals surface area contributed by atoms with E-state index in [1.165, 1.54) is 6.07 Å². The molecule has 11 N–H and O–H groups in total. The molecule has 0 bridgehead atoms. The molecule has 186 valence electrons. The topological polar surface area (TPSA) is 222 Å². The molecule has 0 aromatic heterocycles. The average molecular weight is 488 g/mol. The standard InChI is InChI=1S/C23H25FN4O7/c24-15-7(10-2-1-3-28-10)4-11(29)12-8(15)5-22(27)6-9-16(25)18(31)13(21(26)34)19(32)23(9,35)20(33)14(22)17(12)30/h4,9-10,16,28-30,32,35H,1-3,5-6,25,27H2,(H2,26,34)/t9-,10?,16-,22+,23+/m0/s1. The van der Waals surface area contributed by atoms with Crippen molar-refractivity contribution in [2.75, 3.05) is 6.54 Å². The maximum atomic E-state index is 15.7. The highest BCUT2D eigenvalue weighted by Crippen LogP contribution is 2.53. The van der Waals surface area contributed by atoms with E-state index in [2.05, 4.69) is 5.32 Å². The number of rotatable bonds is 2. The van der Waals surface area contributed by atoms with E-state index in [0.29, 0.717) is 13.0 Å². The molecule has 1 saturated heterocycles. The lowest BCUT2D eigenvalue weighted by Gasteiger charge is -2.52. The molecule has 1 aliphatic heterocycles. The Balaban J connectivity index is 1.74. The number of hydrogen-bond acceptors (Lipinski definition) is 10. The molecule has 1 amide bonds. The zero-order valence-electron chi connectivity index (χ0n) is 18.5. The van der Waals surface area contributed by atoms with Gasteiger partial charge in [0.1, 0.15) is 28.7 Å². The SMILES string of the molecule is NC(=O)C1=C(O)[C@@]2(O)C(=O)C3=C(O)c4c(O)cc(C5CCCN5)c(F)c4C[C@@]3(N)C[C@H]2[C@H](N)C1=O. The van der Waals surface area contributed by atoms with Crippen molar-refractivity contribution in [1.29, 1.82) is 0 Å².